The molecule has 0 atom stereocenters. The van der Waals surface area contributed by atoms with Crippen LogP contribution in [0, 0.1) is 0 Å². The molecule has 0 aromatic heterocycles. The number of nitrogens with one attached hydrogen (secondary N) is 1. The molecule has 1 N–H and O–H groups in total. The van der Waals surface area contributed by atoms with E-state index in [1.54, 1.807) is 17.0 Å². The third-order valence-corrected chi connectivity index (χ3v) is 6.84. The van der Waals surface area contributed by atoms with Gasteiger partial charge in [0, 0.05) is 6.04 Å². The Morgan fingerprint density at radius 2 is 1.85 bits per heavy atom. The summed E-state index contributed by atoms with van der Waals surface area (Å²) in [6, 6.07) is 11.2. The summed E-state index contributed by atoms with van der Waals surface area (Å²) in [6.07, 6.45) is 7.30. The average molecular weight is 505 g/mol. The van der Waals surface area contributed by atoms with E-state index in [4.69, 9.17) is 44.9 Å². The second-order valence-electron chi connectivity index (χ2n) is 8.13. The average Bonchev–Trinajstić information content (AvgIpc) is 3.09. The molecular formula is C25H26Cl2N2O3S. The van der Waals surface area contributed by atoms with Crippen LogP contribution in [-0.2, 0) is 11.4 Å². The van der Waals surface area contributed by atoms with Gasteiger partial charge < -0.3 is 14.8 Å². The molecule has 1 saturated carbocycles. The highest BCUT2D eigenvalue weighted by atomic mass is 35.5. The van der Waals surface area contributed by atoms with E-state index in [-0.39, 0.29) is 11.9 Å². The van der Waals surface area contributed by atoms with E-state index in [0.717, 1.165) is 36.8 Å². The van der Waals surface area contributed by atoms with Crippen LogP contribution in [-0.4, -0.2) is 28.6 Å². The molecular weight excluding hydrogens is 479 g/mol. The maximum absolute atomic E-state index is 13.0. The second-order valence-corrected chi connectivity index (χ2v) is 9.33. The Morgan fingerprint density at radius 3 is 2.58 bits per heavy atom. The molecule has 0 unspecified atom stereocenters. The van der Waals surface area contributed by atoms with Gasteiger partial charge in [-0.1, -0.05) is 54.6 Å². The summed E-state index contributed by atoms with van der Waals surface area (Å²) >= 11 is 17.5. The van der Waals surface area contributed by atoms with E-state index in [1.807, 2.05) is 37.3 Å². The van der Waals surface area contributed by atoms with Crippen LogP contribution in [0.1, 0.15) is 50.2 Å². The molecule has 2 aliphatic rings. The van der Waals surface area contributed by atoms with Crippen LogP contribution >= 0.6 is 35.4 Å². The molecule has 0 spiro atoms. The van der Waals surface area contributed by atoms with Crippen LogP contribution in [0.15, 0.2) is 42.1 Å². The van der Waals surface area contributed by atoms with E-state index >= 15 is 0 Å². The topological polar surface area (TPSA) is 50.8 Å². The van der Waals surface area contributed by atoms with E-state index in [0.29, 0.717) is 45.6 Å². The molecule has 1 aliphatic heterocycles. The molecule has 0 radical (unpaired) electrons. The van der Waals surface area contributed by atoms with Crippen molar-refractivity contribution in [3.05, 3.63) is 63.3 Å². The molecule has 0 bridgehead atoms. The fraction of sp³-hybridized carbons (Fsp3) is 0.360. The lowest BCUT2D eigenvalue weighted by atomic mass is 9.94. The summed E-state index contributed by atoms with van der Waals surface area (Å²) < 4.78 is 11.8. The molecule has 1 aliphatic carbocycles. The number of halogens is 2. The fourth-order valence-corrected chi connectivity index (χ4v) is 4.84. The number of thiocarbonyl (C=S) groups is 1. The summed E-state index contributed by atoms with van der Waals surface area (Å²) in [7, 11) is 0. The highest BCUT2D eigenvalue weighted by Crippen LogP contribution is 2.32. The summed E-state index contributed by atoms with van der Waals surface area (Å²) in [5.74, 6) is 1.14. The van der Waals surface area contributed by atoms with Gasteiger partial charge in [0.15, 0.2) is 16.6 Å². The molecule has 1 heterocycles. The molecule has 5 nitrogen and oxygen atoms in total. The molecule has 2 aromatic rings. The highest BCUT2D eigenvalue weighted by Gasteiger charge is 2.36. The minimum atomic E-state index is -0.0650. The predicted octanol–water partition coefficient (Wildman–Crippen LogP) is 6.36. The van der Waals surface area contributed by atoms with Crippen LogP contribution < -0.4 is 14.8 Å². The van der Waals surface area contributed by atoms with E-state index < -0.39 is 0 Å². The zero-order valence-electron chi connectivity index (χ0n) is 18.4. The van der Waals surface area contributed by atoms with Gasteiger partial charge in [-0.05, 0) is 73.5 Å². The first-order valence-corrected chi connectivity index (χ1v) is 12.3. The van der Waals surface area contributed by atoms with Gasteiger partial charge in [-0.3, -0.25) is 9.69 Å². The van der Waals surface area contributed by atoms with Gasteiger partial charge in [0.25, 0.3) is 5.91 Å². The first-order valence-electron chi connectivity index (χ1n) is 11.2. The Bertz CT molecular complexity index is 1080. The molecule has 1 amide bonds. The molecule has 4 rings (SSSR count). The summed E-state index contributed by atoms with van der Waals surface area (Å²) in [5.41, 5.74) is 2.21. The van der Waals surface area contributed by atoms with Crippen molar-refractivity contribution < 1.29 is 14.3 Å². The van der Waals surface area contributed by atoms with Crippen molar-refractivity contribution in [3.63, 3.8) is 0 Å². The third-order valence-electron chi connectivity index (χ3n) is 5.81. The standard InChI is InChI=1S/C25H26Cl2N2O3S/c1-2-31-23-14-16(9-11-22(23)32-15-17-8-10-19(26)20(27)12-17)13-21-24(30)29(25(33)28-21)18-6-4-3-5-7-18/h8-14,18H,2-7,15H2,1H3,(H,28,33)/b21-13-. The van der Waals surface area contributed by atoms with Crippen LogP contribution in [0.2, 0.25) is 10.0 Å². The smallest absolute Gasteiger partial charge is 0.276 e. The van der Waals surface area contributed by atoms with Gasteiger partial charge in [0.1, 0.15) is 12.3 Å². The Kier molecular flexibility index (Phi) is 7.78. The SMILES string of the molecule is CCOc1cc(/C=C2\NC(=S)N(C3CCCCC3)C2=O)ccc1OCc1ccc(Cl)c(Cl)c1. The van der Waals surface area contributed by atoms with Gasteiger partial charge in [0.2, 0.25) is 0 Å². The minimum absolute atomic E-state index is 0.0650. The third kappa shape index (κ3) is 5.62. The zero-order valence-corrected chi connectivity index (χ0v) is 20.7. The Hall–Kier alpha value is -2.28. The number of ether oxygens (including phenoxy) is 2. The first kappa shape index (κ1) is 23.9. The molecule has 2 aromatic carbocycles. The van der Waals surface area contributed by atoms with Gasteiger partial charge in [-0.25, -0.2) is 0 Å². The summed E-state index contributed by atoms with van der Waals surface area (Å²) in [4.78, 5) is 14.8. The molecule has 33 heavy (non-hydrogen) atoms. The molecule has 8 heteroatoms. The largest absolute Gasteiger partial charge is 0.490 e. The van der Waals surface area contributed by atoms with Gasteiger partial charge >= 0.3 is 0 Å². The Balaban J connectivity index is 1.50. The van der Waals surface area contributed by atoms with Gasteiger partial charge in [-0.15, -0.1) is 0 Å². The van der Waals surface area contributed by atoms with Crippen molar-refractivity contribution in [1.82, 2.24) is 10.2 Å². The molecule has 1 saturated heterocycles. The lowest BCUT2D eigenvalue weighted by molar-refractivity contribution is -0.124. The van der Waals surface area contributed by atoms with Gasteiger partial charge in [-0.2, -0.15) is 0 Å². The summed E-state index contributed by atoms with van der Waals surface area (Å²) in [6.45, 7) is 2.72. The normalized spacial score (nSPS) is 18.0. The maximum Gasteiger partial charge on any atom is 0.276 e. The van der Waals surface area contributed by atoms with Crippen molar-refractivity contribution in [1.29, 1.82) is 0 Å². The maximum atomic E-state index is 13.0. The number of carbonyl (C=O) groups excluding carboxylic acids is 1. The van der Waals surface area contributed by atoms with E-state index in [2.05, 4.69) is 5.32 Å². The number of carbonyl (C=O) groups is 1. The van der Waals surface area contributed by atoms with Crippen LogP contribution in [0.5, 0.6) is 11.5 Å². The van der Waals surface area contributed by atoms with Gasteiger partial charge in [0.05, 0.1) is 16.7 Å². The van der Waals surface area contributed by atoms with Crippen molar-refractivity contribution in [2.24, 2.45) is 0 Å². The number of hydrogen-bond donors (Lipinski definition) is 1. The Labute approximate surface area is 209 Å². The molecule has 2 fully saturated rings. The lowest BCUT2D eigenvalue weighted by Gasteiger charge is -2.29. The fourth-order valence-electron chi connectivity index (χ4n) is 4.18. The zero-order chi connectivity index (χ0) is 23.4. The highest BCUT2D eigenvalue weighted by molar-refractivity contribution is 7.80. The number of hydrogen-bond acceptors (Lipinski definition) is 4. The predicted molar refractivity (Wildman–Crippen MR) is 136 cm³/mol. The minimum Gasteiger partial charge on any atom is -0.490 e. The van der Waals surface area contributed by atoms with Crippen molar-refractivity contribution in [2.75, 3.05) is 6.61 Å². The van der Waals surface area contributed by atoms with E-state index in [9.17, 15) is 4.79 Å². The van der Waals surface area contributed by atoms with Crippen molar-refractivity contribution >= 4 is 52.5 Å². The first-order chi connectivity index (χ1) is 16.0. The van der Waals surface area contributed by atoms with Crippen LogP contribution in [0.25, 0.3) is 6.08 Å². The number of benzene rings is 2. The quantitative estimate of drug-likeness (QED) is 0.351. The van der Waals surface area contributed by atoms with Crippen molar-refractivity contribution in [2.45, 2.75) is 51.7 Å². The van der Waals surface area contributed by atoms with Crippen LogP contribution in [0.4, 0.5) is 0 Å². The molecule has 174 valence electrons. The van der Waals surface area contributed by atoms with Crippen molar-refractivity contribution in [3.8, 4) is 11.5 Å². The second kappa shape index (κ2) is 10.8. The van der Waals surface area contributed by atoms with E-state index in [1.165, 1.54) is 6.42 Å². The number of amides is 1. The Morgan fingerprint density at radius 1 is 1.06 bits per heavy atom. The number of rotatable bonds is 7. The van der Waals surface area contributed by atoms with Crippen LogP contribution in [0.3, 0.4) is 0 Å². The monoisotopic (exact) mass is 504 g/mol. The lowest BCUT2D eigenvalue weighted by Crippen LogP contribution is -2.41. The summed E-state index contributed by atoms with van der Waals surface area (Å²) in [5, 5.41) is 4.58. The number of nitrogens with zero attached hydrogens (tertiary/aromatic N) is 1.